The van der Waals surface area contributed by atoms with Crippen molar-refractivity contribution in [3.8, 4) is 5.69 Å². The second-order valence-corrected chi connectivity index (χ2v) is 7.95. The lowest BCUT2D eigenvalue weighted by molar-refractivity contribution is -0.122. The minimum Gasteiger partial charge on any atom is -0.478 e. The number of para-hydroxylation sites is 1. The van der Waals surface area contributed by atoms with Gasteiger partial charge in [0.2, 0.25) is 0 Å². The first-order valence-corrected chi connectivity index (χ1v) is 10.4. The summed E-state index contributed by atoms with van der Waals surface area (Å²) in [5.74, 6) is -3.81. The monoisotopic (exact) mass is 481 g/mol. The molecule has 2 heterocycles. The van der Waals surface area contributed by atoms with Gasteiger partial charge < -0.3 is 9.67 Å². The highest BCUT2D eigenvalue weighted by molar-refractivity contribution is 6.39. The average Bonchev–Trinajstić information content (AvgIpc) is 3.04. The number of carboxylic acids is 1. The molecule has 0 spiro atoms. The lowest BCUT2D eigenvalue weighted by atomic mass is 10.1. The van der Waals surface area contributed by atoms with Crippen LogP contribution in [0.25, 0.3) is 11.8 Å². The number of imide groups is 2. The summed E-state index contributed by atoms with van der Waals surface area (Å²) >= 11 is 6.11. The number of aryl methyl sites for hydroxylation is 1. The van der Waals surface area contributed by atoms with E-state index in [2.05, 4.69) is 5.32 Å². The SMILES string of the molecule is Cc1cc(/C=C2\C(=O)NC(=O)N(c3ccccc3F)C2=O)c(C)n1-c1ccc(C(=O)O)c(Cl)c1. The number of hydrogen-bond acceptors (Lipinski definition) is 4. The molecule has 3 aromatic rings. The fraction of sp³-hybridized carbons (Fsp3) is 0.0833. The van der Waals surface area contributed by atoms with E-state index in [0.717, 1.165) is 6.07 Å². The number of aromatic nitrogens is 1. The maximum atomic E-state index is 14.3. The first-order valence-electron chi connectivity index (χ1n) is 9.98. The van der Waals surface area contributed by atoms with Gasteiger partial charge in [0.1, 0.15) is 11.4 Å². The smallest absolute Gasteiger partial charge is 0.337 e. The van der Waals surface area contributed by atoms with Crippen LogP contribution in [0.4, 0.5) is 14.9 Å². The number of benzene rings is 2. The van der Waals surface area contributed by atoms with Crippen LogP contribution in [0.5, 0.6) is 0 Å². The predicted octanol–water partition coefficient (Wildman–Crippen LogP) is 4.25. The summed E-state index contributed by atoms with van der Waals surface area (Å²) < 4.78 is 16.0. The van der Waals surface area contributed by atoms with Crippen molar-refractivity contribution in [2.24, 2.45) is 0 Å². The van der Waals surface area contributed by atoms with E-state index in [0.29, 0.717) is 27.5 Å². The molecule has 2 N–H and O–H groups in total. The van der Waals surface area contributed by atoms with E-state index < -0.39 is 29.6 Å². The maximum Gasteiger partial charge on any atom is 0.337 e. The molecular formula is C24H17ClFN3O5. The molecule has 0 atom stereocenters. The fourth-order valence-corrected chi connectivity index (χ4v) is 4.07. The van der Waals surface area contributed by atoms with Gasteiger partial charge in [-0.15, -0.1) is 0 Å². The minimum atomic E-state index is -1.15. The zero-order valence-electron chi connectivity index (χ0n) is 17.9. The zero-order chi connectivity index (χ0) is 24.7. The van der Waals surface area contributed by atoms with Crippen LogP contribution >= 0.6 is 11.6 Å². The van der Waals surface area contributed by atoms with Crippen molar-refractivity contribution in [3.05, 3.63) is 87.5 Å². The molecule has 34 heavy (non-hydrogen) atoms. The molecule has 2 aromatic carbocycles. The van der Waals surface area contributed by atoms with Crippen molar-refractivity contribution in [3.63, 3.8) is 0 Å². The van der Waals surface area contributed by atoms with Crippen LogP contribution in [0.2, 0.25) is 5.02 Å². The summed E-state index contributed by atoms with van der Waals surface area (Å²) in [4.78, 5) is 49.7. The summed E-state index contributed by atoms with van der Waals surface area (Å²) in [6, 6.07) is 10.4. The van der Waals surface area contributed by atoms with Gasteiger partial charge in [-0.3, -0.25) is 14.9 Å². The number of hydrogen-bond donors (Lipinski definition) is 2. The molecule has 0 aliphatic carbocycles. The molecule has 0 radical (unpaired) electrons. The lowest BCUT2D eigenvalue weighted by Crippen LogP contribution is -2.54. The zero-order valence-corrected chi connectivity index (χ0v) is 18.7. The van der Waals surface area contributed by atoms with E-state index in [1.54, 1.807) is 30.5 Å². The number of nitrogens with zero attached hydrogens (tertiary/aromatic N) is 2. The van der Waals surface area contributed by atoms with Gasteiger partial charge in [-0.25, -0.2) is 18.9 Å². The van der Waals surface area contributed by atoms with Crippen LogP contribution in [-0.2, 0) is 9.59 Å². The predicted molar refractivity (Wildman–Crippen MR) is 123 cm³/mol. The first kappa shape index (κ1) is 22.9. The van der Waals surface area contributed by atoms with Crippen LogP contribution in [0.3, 0.4) is 0 Å². The van der Waals surface area contributed by atoms with E-state index >= 15 is 0 Å². The Morgan fingerprint density at radius 2 is 1.79 bits per heavy atom. The Hall–Kier alpha value is -4.24. The summed E-state index contributed by atoms with van der Waals surface area (Å²) in [6.45, 7) is 3.52. The average molecular weight is 482 g/mol. The number of anilines is 1. The third kappa shape index (κ3) is 3.86. The van der Waals surface area contributed by atoms with Crippen LogP contribution in [-0.4, -0.2) is 33.5 Å². The number of amides is 4. The molecular weight excluding hydrogens is 465 g/mol. The molecule has 8 nitrogen and oxygen atoms in total. The molecule has 0 saturated carbocycles. The molecule has 4 rings (SSSR count). The number of carboxylic acid groups (broad SMARTS) is 1. The number of nitrogens with one attached hydrogen (secondary N) is 1. The van der Waals surface area contributed by atoms with Crippen LogP contribution in [0, 0.1) is 19.7 Å². The normalized spacial score (nSPS) is 15.1. The molecule has 4 amide bonds. The molecule has 0 unspecified atom stereocenters. The van der Waals surface area contributed by atoms with Crippen molar-refractivity contribution >= 4 is 47.2 Å². The van der Waals surface area contributed by atoms with Gasteiger partial charge in [-0.05, 0) is 61.9 Å². The Morgan fingerprint density at radius 1 is 1.09 bits per heavy atom. The van der Waals surface area contributed by atoms with Crippen molar-refractivity contribution < 1.29 is 28.7 Å². The van der Waals surface area contributed by atoms with E-state index in [4.69, 9.17) is 11.6 Å². The lowest BCUT2D eigenvalue weighted by Gasteiger charge is -2.26. The number of aromatic carboxylic acids is 1. The molecule has 1 fully saturated rings. The Balaban J connectivity index is 1.77. The van der Waals surface area contributed by atoms with Crippen molar-refractivity contribution in [2.45, 2.75) is 13.8 Å². The number of barbiturate groups is 1. The number of rotatable bonds is 4. The summed E-state index contributed by atoms with van der Waals surface area (Å²) in [5, 5.41) is 11.3. The van der Waals surface area contributed by atoms with Crippen LogP contribution in [0.1, 0.15) is 27.3 Å². The maximum absolute atomic E-state index is 14.3. The Morgan fingerprint density at radius 3 is 2.44 bits per heavy atom. The number of urea groups is 1. The summed E-state index contributed by atoms with van der Waals surface area (Å²) in [5.41, 5.74) is 1.75. The highest BCUT2D eigenvalue weighted by atomic mass is 35.5. The third-order valence-electron chi connectivity index (χ3n) is 5.41. The van der Waals surface area contributed by atoms with Gasteiger partial charge in [0.15, 0.2) is 0 Å². The molecule has 10 heteroatoms. The third-order valence-corrected chi connectivity index (χ3v) is 5.72. The Labute approximate surface area is 197 Å². The number of halogens is 2. The van der Waals surface area contributed by atoms with Crippen LogP contribution < -0.4 is 10.2 Å². The van der Waals surface area contributed by atoms with Gasteiger partial charge >= 0.3 is 12.0 Å². The number of carbonyl (C=O) groups is 4. The van der Waals surface area contributed by atoms with Gasteiger partial charge in [-0.1, -0.05) is 23.7 Å². The molecule has 1 aliphatic heterocycles. The second-order valence-electron chi connectivity index (χ2n) is 7.54. The quantitative estimate of drug-likeness (QED) is 0.427. The summed E-state index contributed by atoms with van der Waals surface area (Å²) in [6.07, 6.45) is 1.32. The highest BCUT2D eigenvalue weighted by Gasteiger charge is 2.38. The van der Waals surface area contributed by atoms with Crippen molar-refractivity contribution in [2.75, 3.05) is 4.90 Å². The standard InChI is InChI=1S/C24H17ClFN3O5/c1-12-9-14(13(2)28(12)15-7-8-16(23(32)33)18(25)11-15)10-17-21(30)27-24(34)29(22(17)31)20-6-4-3-5-19(20)26/h3-11H,1-2H3,(H,32,33)(H,27,30,34)/b17-10+. The Kier molecular flexibility index (Phi) is 5.80. The topological polar surface area (TPSA) is 109 Å². The Bertz CT molecular complexity index is 1430. The summed E-state index contributed by atoms with van der Waals surface area (Å²) in [7, 11) is 0. The second kappa shape index (κ2) is 8.60. The van der Waals surface area contributed by atoms with E-state index in [1.807, 2.05) is 0 Å². The fourth-order valence-electron chi connectivity index (χ4n) is 3.81. The molecule has 0 bridgehead atoms. The number of carbonyl (C=O) groups excluding carboxylic acids is 3. The van der Waals surface area contributed by atoms with E-state index in [-0.39, 0.29) is 21.8 Å². The van der Waals surface area contributed by atoms with Gasteiger partial charge in [0.05, 0.1) is 16.3 Å². The first-order chi connectivity index (χ1) is 16.1. The van der Waals surface area contributed by atoms with E-state index in [1.165, 1.54) is 36.4 Å². The van der Waals surface area contributed by atoms with Gasteiger partial charge in [-0.2, -0.15) is 0 Å². The largest absolute Gasteiger partial charge is 0.478 e. The van der Waals surface area contributed by atoms with Gasteiger partial charge in [0, 0.05) is 17.1 Å². The highest BCUT2D eigenvalue weighted by Crippen LogP contribution is 2.28. The minimum absolute atomic E-state index is 0.0439. The molecule has 1 aromatic heterocycles. The van der Waals surface area contributed by atoms with Crippen molar-refractivity contribution in [1.29, 1.82) is 0 Å². The van der Waals surface area contributed by atoms with E-state index in [9.17, 15) is 28.7 Å². The molecule has 1 saturated heterocycles. The molecule has 1 aliphatic rings. The molecule has 172 valence electrons. The van der Waals surface area contributed by atoms with Gasteiger partial charge in [0.25, 0.3) is 11.8 Å². The van der Waals surface area contributed by atoms with Crippen molar-refractivity contribution in [1.82, 2.24) is 9.88 Å². The van der Waals surface area contributed by atoms with Crippen LogP contribution in [0.15, 0.2) is 54.1 Å².